The van der Waals surface area contributed by atoms with Crippen LogP contribution in [-0.4, -0.2) is 56.9 Å². The topological polar surface area (TPSA) is 83.7 Å². The van der Waals surface area contributed by atoms with Crippen molar-refractivity contribution < 1.29 is 26.4 Å². The van der Waals surface area contributed by atoms with Crippen LogP contribution in [0, 0.1) is 0 Å². The lowest BCUT2D eigenvalue weighted by Gasteiger charge is -2.23. The Labute approximate surface area is 124 Å². The Kier molecular flexibility index (Phi) is 5.23. The van der Waals surface area contributed by atoms with E-state index >= 15 is 0 Å². The van der Waals surface area contributed by atoms with Gasteiger partial charge in [0.15, 0.2) is 0 Å². The SMILES string of the molecule is CN(C)C(=O)CN(CC(F)(F)F)S(=O)(=O)c1cc(N)cs1. The van der Waals surface area contributed by atoms with Crippen molar-refractivity contribution in [2.75, 3.05) is 32.9 Å². The lowest BCUT2D eigenvalue weighted by atomic mass is 10.5. The predicted molar refractivity (Wildman–Crippen MR) is 72.2 cm³/mol. The van der Waals surface area contributed by atoms with E-state index in [2.05, 4.69) is 0 Å². The fraction of sp³-hybridized carbons (Fsp3) is 0.500. The molecule has 0 fully saturated rings. The molecule has 1 amide bonds. The molecule has 11 heteroatoms. The van der Waals surface area contributed by atoms with Gasteiger partial charge in [-0.1, -0.05) is 0 Å². The zero-order valence-corrected chi connectivity index (χ0v) is 12.8. The van der Waals surface area contributed by atoms with E-state index < -0.39 is 35.2 Å². The van der Waals surface area contributed by atoms with Gasteiger partial charge in [-0.3, -0.25) is 4.79 Å². The second kappa shape index (κ2) is 6.20. The van der Waals surface area contributed by atoms with E-state index in [-0.39, 0.29) is 14.2 Å². The predicted octanol–water partition coefficient (Wildman–Crippen LogP) is 0.971. The smallest absolute Gasteiger partial charge is 0.398 e. The van der Waals surface area contributed by atoms with E-state index in [1.807, 2.05) is 0 Å². The number of carbonyl (C=O) groups is 1. The second-order valence-electron chi connectivity index (χ2n) is 4.38. The molecule has 0 radical (unpaired) electrons. The number of alkyl halides is 3. The van der Waals surface area contributed by atoms with Gasteiger partial charge in [-0.05, 0) is 6.07 Å². The normalized spacial score (nSPS) is 12.7. The number of nitrogen functional groups attached to an aromatic ring is 1. The standard InChI is InChI=1S/C10H14F3N3O3S2/c1-15(2)8(17)4-16(6-10(11,12)13)21(18,19)9-3-7(14)5-20-9/h3,5H,4,6,14H2,1-2H3. The highest BCUT2D eigenvalue weighted by Gasteiger charge is 2.38. The molecular weight excluding hydrogens is 331 g/mol. The number of carbonyl (C=O) groups excluding carboxylic acids is 1. The Morgan fingerprint density at radius 3 is 2.33 bits per heavy atom. The summed E-state index contributed by atoms with van der Waals surface area (Å²) >= 11 is 0.699. The highest BCUT2D eigenvalue weighted by Crippen LogP contribution is 2.27. The zero-order valence-electron chi connectivity index (χ0n) is 11.2. The van der Waals surface area contributed by atoms with Gasteiger partial charge >= 0.3 is 6.18 Å². The molecule has 6 nitrogen and oxygen atoms in total. The van der Waals surface area contributed by atoms with Crippen LogP contribution in [0.15, 0.2) is 15.7 Å². The number of hydrogen-bond acceptors (Lipinski definition) is 5. The first-order valence-electron chi connectivity index (χ1n) is 5.54. The average molecular weight is 345 g/mol. The van der Waals surface area contributed by atoms with Gasteiger partial charge < -0.3 is 10.6 Å². The van der Waals surface area contributed by atoms with E-state index in [1.165, 1.54) is 19.5 Å². The molecule has 0 aliphatic rings. The molecule has 0 unspecified atom stereocenters. The number of nitrogens with two attached hydrogens (primary N) is 1. The summed E-state index contributed by atoms with van der Waals surface area (Å²) < 4.78 is 61.8. The third kappa shape index (κ3) is 4.86. The monoisotopic (exact) mass is 345 g/mol. The summed E-state index contributed by atoms with van der Waals surface area (Å²) in [6, 6.07) is 1.06. The molecule has 120 valence electrons. The Bertz CT molecular complexity index is 611. The fourth-order valence-electron chi connectivity index (χ4n) is 1.31. The van der Waals surface area contributed by atoms with Crippen LogP contribution in [0.1, 0.15) is 0 Å². The first-order valence-corrected chi connectivity index (χ1v) is 7.86. The maximum absolute atomic E-state index is 12.6. The summed E-state index contributed by atoms with van der Waals surface area (Å²) in [6.45, 7) is -2.64. The molecular formula is C10H14F3N3O3S2. The third-order valence-corrected chi connectivity index (χ3v) is 5.58. The molecule has 0 aliphatic heterocycles. The molecule has 0 atom stereocenters. The summed E-state index contributed by atoms with van der Waals surface area (Å²) in [7, 11) is -1.79. The molecule has 2 N–H and O–H groups in total. The first kappa shape index (κ1) is 17.7. The van der Waals surface area contributed by atoms with Gasteiger partial charge in [0.05, 0.1) is 6.54 Å². The Morgan fingerprint density at radius 1 is 1.38 bits per heavy atom. The van der Waals surface area contributed by atoms with Crippen LogP contribution >= 0.6 is 11.3 Å². The molecule has 1 heterocycles. The van der Waals surface area contributed by atoms with E-state index in [1.54, 1.807) is 0 Å². The number of nitrogens with zero attached hydrogens (tertiary/aromatic N) is 2. The summed E-state index contributed by atoms with van der Waals surface area (Å²) in [5.41, 5.74) is 5.51. The van der Waals surface area contributed by atoms with Crippen molar-refractivity contribution in [1.82, 2.24) is 9.21 Å². The number of anilines is 1. The Morgan fingerprint density at radius 2 is 1.95 bits per heavy atom. The van der Waals surface area contributed by atoms with Crippen molar-refractivity contribution in [2.24, 2.45) is 0 Å². The molecule has 0 bridgehead atoms. The molecule has 1 rings (SSSR count). The molecule has 0 aliphatic carbocycles. The quantitative estimate of drug-likeness (QED) is 0.862. The summed E-state index contributed by atoms with van der Waals surface area (Å²) in [4.78, 5) is 12.6. The van der Waals surface area contributed by atoms with Crippen LogP contribution in [0.25, 0.3) is 0 Å². The van der Waals surface area contributed by atoms with Gasteiger partial charge in [-0.15, -0.1) is 11.3 Å². The number of likely N-dealkylation sites (N-methyl/N-ethyl adjacent to an activating group) is 1. The number of hydrogen-bond donors (Lipinski definition) is 1. The minimum atomic E-state index is -4.76. The third-order valence-electron chi connectivity index (χ3n) is 2.36. The second-order valence-corrected chi connectivity index (χ2v) is 7.45. The van der Waals surface area contributed by atoms with Crippen molar-refractivity contribution in [3.8, 4) is 0 Å². The average Bonchev–Trinajstić information content (AvgIpc) is 2.73. The number of amides is 1. The van der Waals surface area contributed by atoms with Gasteiger partial charge in [0.1, 0.15) is 10.8 Å². The number of halogens is 3. The number of sulfonamides is 1. The van der Waals surface area contributed by atoms with Gasteiger partial charge in [0.25, 0.3) is 10.0 Å². The molecule has 1 aromatic rings. The molecule has 21 heavy (non-hydrogen) atoms. The van der Waals surface area contributed by atoms with Gasteiger partial charge in [-0.25, -0.2) is 8.42 Å². The fourth-order valence-corrected chi connectivity index (χ4v) is 3.92. The van der Waals surface area contributed by atoms with Crippen molar-refractivity contribution in [1.29, 1.82) is 0 Å². The molecule has 1 aromatic heterocycles. The van der Waals surface area contributed by atoms with Crippen LogP contribution in [0.5, 0.6) is 0 Å². The number of thiophene rings is 1. The zero-order chi connectivity index (χ0) is 16.4. The van der Waals surface area contributed by atoms with Crippen LogP contribution in [0.3, 0.4) is 0 Å². The van der Waals surface area contributed by atoms with Gasteiger partial charge in [0.2, 0.25) is 5.91 Å². The van der Waals surface area contributed by atoms with E-state index in [0.29, 0.717) is 11.3 Å². The molecule has 0 saturated carbocycles. The first-order chi connectivity index (χ1) is 9.43. The van der Waals surface area contributed by atoms with Crippen molar-refractivity contribution >= 4 is 33.0 Å². The van der Waals surface area contributed by atoms with Gasteiger partial charge in [0, 0.05) is 25.2 Å². The van der Waals surface area contributed by atoms with Crippen molar-refractivity contribution in [3.63, 3.8) is 0 Å². The Hall–Kier alpha value is -1.33. The van der Waals surface area contributed by atoms with Gasteiger partial charge in [-0.2, -0.15) is 17.5 Å². The largest absolute Gasteiger partial charge is 0.402 e. The molecule has 0 spiro atoms. The highest BCUT2D eigenvalue weighted by atomic mass is 32.2. The maximum Gasteiger partial charge on any atom is 0.402 e. The highest BCUT2D eigenvalue weighted by molar-refractivity contribution is 7.91. The molecule has 0 aromatic carbocycles. The molecule has 0 saturated heterocycles. The maximum atomic E-state index is 12.6. The Balaban J connectivity index is 3.13. The van der Waals surface area contributed by atoms with Crippen molar-refractivity contribution in [3.05, 3.63) is 11.4 Å². The minimum absolute atomic E-state index is 0.0978. The van der Waals surface area contributed by atoms with Crippen LogP contribution in [-0.2, 0) is 14.8 Å². The number of rotatable bonds is 5. The van der Waals surface area contributed by atoms with Crippen molar-refractivity contribution in [2.45, 2.75) is 10.4 Å². The van der Waals surface area contributed by atoms with Crippen LogP contribution in [0.4, 0.5) is 18.9 Å². The van der Waals surface area contributed by atoms with Crippen LogP contribution < -0.4 is 5.73 Å². The summed E-state index contributed by atoms with van der Waals surface area (Å²) in [5, 5.41) is 1.30. The summed E-state index contributed by atoms with van der Waals surface area (Å²) in [5.74, 6) is -0.757. The summed E-state index contributed by atoms with van der Waals surface area (Å²) in [6.07, 6.45) is -4.76. The van der Waals surface area contributed by atoms with E-state index in [4.69, 9.17) is 5.73 Å². The van der Waals surface area contributed by atoms with E-state index in [9.17, 15) is 26.4 Å². The van der Waals surface area contributed by atoms with E-state index in [0.717, 1.165) is 11.0 Å². The minimum Gasteiger partial charge on any atom is -0.398 e. The lowest BCUT2D eigenvalue weighted by molar-refractivity contribution is -0.141. The lowest BCUT2D eigenvalue weighted by Crippen LogP contribution is -2.44. The van der Waals surface area contributed by atoms with Crippen LogP contribution in [0.2, 0.25) is 0 Å².